The van der Waals surface area contributed by atoms with Crippen LogP contribution in [-0.4, -0.2) is 18.9 Å². The van der Waals surface area contributed by atoms with Crippen molar-refractivity contribution in [2.24, 2.45) is 0 Å². The van der Waals surface area contributed by atoms with Gasteiger partial charge < -0.3 is 9.47 Å². The Kier molecular flexibility index (Phi) is 4.61. The Morgan fingerprint density at radius 3 is 2.59 bits per heavy atom. The molecule has 0 N–H and O–H groups in total. The first-order chi connectivity index (χ1) is 7.85. The van der Waals surface area contributed by atoms with E-state index in [1.165, 1.54) is 12.1 Å². The van der Waals surface area contributed by atoms with E-state index in [9.17, 15) is 18.0 Å². The third kappa shape index (κ3) is 4.06. The van der Waals surface area contributed by atoms with Gasteiger partial charge in [0.2, 0.25) is 0 Å². The van der Waals surface area contributed by atoms with Gasteiger partial charge >= 0.3 is 12.3 Å². The number of ether oxygens (including phenoxy) is 2. The number of halogens is 4. The fourth-order valence-electron chi connectivity index (χ4n) is 1.12. The van der Waals surface area contributed by atoms with Gasteiger partial charge in [0, 0.05) is 3.57 Å². The van der Waals surface area contributed by atoms with Crippen LogP contribution in [0.25, 0.3) is 0 Å². The molecule has 0 aliphatic carbocycles. The Balaban J connectivity index is 3.13. The Labute approximate surface area is 109 Å². The van der Waals surface area contributed by atoms with Gasteiger partial charge in [0.25, 0.3) is 0 Å². The van der Waals surface area contributed by atoms with Crippen molar-refractivity contribution in [1.29, 1.82) is 0 Å². The van der Waals surface area contributed by atoms with Crippen LogP contribution in [0.4, 0.5) is 13.2 Å². The molecule has 0 heterocycles. The lowest BCUT2D eigenvalue weighted by molar-refractivity contribution is -0.274. The monoisotopic (exact) mass is 360 g/mol. The molecule has 1 rings (SSSR count). The van der Waals surface area contributed by atoms with Crippen LogP contribution in [-0.2, 0) is 4.74 Å². The number of esters is 1. The molecule has 0 aromatic heterocycles. The average molecular weight is 360 g/mol. The molecular weight excluding hydrogens is 352 g/mol. The van der Waals surface area contributed by atoms with Gasteiger partial charge in [-0.3, -0.25) is 0 Å². The summed E-state index contributed by atoms with van der Waals surface area (Å²) in [4.78, 5) is 11.5. The molecule has 0 amide bonds. The van der Waals surface area contributed by atoms with Gasteiger partial charge in [-0.1, -0.05) is 6.07 Å². The molecule has 0 saturated heterocycles. The molecular formula is C10H8F3IO3. The van der Waals surface area contributed by atoms with Gasteiger partial charge in [-0.2, -0.15) is 0 Å². The summed E-state index contributed by atoms with van der Waals surface area (Å²) >= 11 is 1.74. The number of alkyl halides is 3. The lowest BCUT2D eigenvalue weighted by Gasteiger charge is -2.13. The maximum absolute atomic E-state index is 12.1. The fraction of sp³-hybridized carbons (Fsp3) is 0.300. The van der Waals surface area contributed by atoms with Crippen LogP contribution >= 0.6 is 22.6 Å². The van der Waals surface area contributed by atoms with Crippen molar-refractivity contribution in [3.8, 4) is 5.75 Å². The maximum atomic E-state index is 12.1. The van der Waals surface area contributed by atoms with Gasteiger partial charge in [-0.25, -0.2) is 4.79 Å². The Morgan fingerprint density at radius 2 is 2.06 bits per heavy atom. The van der Waals surface area contributed by atoms with Crippen molar-refractivity contribution in [3.63, 3.8) is 0 Å². The maximum Gasteiger partial charge on any atom is 0.573 e. The highest BCUT2D eigenvalue weighted by Crippen LogP contribution is 2.29. The van der Waals surface area contributed by atoms with Crippen LogP contribution in [0.1, 0.15) is 17.3 Å². The highest BCUT2D eigenvalue weighted by molar-refractivity contribution is 14.1. The van der Waals surface area contributed by atoms with Crippen LogP contribution < -0.4 is 4.74 Å². The molecule has 0 saturated carbocycles. The number of carbonyl (C=O) groups excluding carboxylic acids is 1. The Morgan fingerprint density at radius 1 is 1.41 bits per heavy atom. The topological polar surface area (TPSA) is 35.5 Å². The smallest absolute Gasteiger partial charge is 0.462 e. The highest BCUT2D eigenvalue weighted by Gasteiger charge is 2.33. The molecule has 7 heteroatoms. The predicted molar refractivity (Wildman–Crippen MR) is 61.8 cm³/mol. The van der Waals surface area contributed by atoms with Gasteiger partial charge in [-0.15, -0.1) is 13.2 Å². The predicted octanol–water partition coefficient (Wildman–Crippen LogP) is 3.37. The summed E-state index contributed by atoms with van der Waals surface area (Å²) in [6.45, 7) is 1.65. The van der Waals surface area contributed by atoms with E-state index in [1.807, 2.05) is 0 Å². The molecule has 0 bridgehead atoms. The molecule has 0 spiro atoms. The zero-order valence-corrected chi connectivity index (χ0v) is 10.8. The van der Waals surface area contributed by atoms with E-state index in [4.69, 9.17) is 0 Å². The van der Waals surface area contributed by atoms with Gasteiger partial charge in [0.1, 0.15) is 11.3 Å². The zero-order valence-electron chi connectivity index (χ0n) is 8.68. The molecule has 0 atom stereocenters. The van der Waals surface area contributed by atoms with Crippen LogP contribution in [0.5, 0.6) is 5.75 Å². The first kappa shape index (κ1) is 14.1. The minimum Gasteiger partial charge on any atom is -0.462 e. The minimum absolute atomic E-state index is 0.0786. The van der Waals surface area contributed by atoms with Gasteiger partial charge in [-0.05, 0) is 41.6 Å². The molecule has 1 aromatic carbocycles. The zero-order chi connectivity index (χ0) is 13.1. The summed E-state index contributed by atoms with van der Waals surface area (Å²) in [6.07, 6.45) is -4.84. The fourth-order valence-corrected chi connectivity index (χ4v) is 1.81. The Hall–Kier alpha value is -0.990. The second kappa shape index (κ2) is 5.56. The molecule has 3 nitrogen and oxygen atoms in total. The first-order valence-electron chi connectivity index (χ1n) is 4.56. The van der Waals surface area contributed by atoms with Crippen molar-refractivity contribution >= 4 is 28.6 Å². The number of hydrogen-bond acceptors (Lipinski definition) is 3. The van der Waals surface area contributed by atoms with Gasteiger partial charge in [0.05, 0.1) is 6.61 Å². The van der Waals surface area contributed by atoms with E-state index in [0.717, 1.165) is 6.07 Å². The summed E-state index contributed by atoms with van der Waals surface area (Å²) in [5.41, 5.74) is -0.215. The normalized spacial score (nSPS) is 11.1. The molecule has 94 valence electrons. The number of hydrogen-bond donors (Lipinski definition) is 0. The number of benzene rings is 1. The summed E-state index contributed by atoms with van der Waals surface area (Å²) < 4.78 is 45.2. The lowest BCUT2D eigenvalue weighted by Crippen LogP contribution is -2.20. The van der Waals surface area contributed by atoms with Crippen molar-refractivity contribution in [2.45, 2.75) is 13.3 Å². The lowest BCUT2D eigenvalue weighted by atomic mass is 10.2. The van der Waals surface area contributed by atoms with Crippen LogP contribution in [0.3, 0.4) is 0 Å². The summed E-state index contributed by atoms with van der Waals surface area (Å²) in [5.74, 6) is -1.39. The van der Waals surface area contributed by atoms with Crippen molar-refractivity contribution in [2.75, 3.05) is 6.61 Å². The molecule has 0 aliphatic heterocycles. The van der Waals surface area contributed by atoms with E-state index in [0.29, 0.717) is 3.57 Å². The van der Waals surface area contributed by atoms with Crippen LogP contribution in [0.2, 0.25) is 0 Å². The van der Waals surface area contributed by atoms with Crippen molar-refractivity contribution < 1.29 is 27.4 Å². The van der Waals surface area contributed by atoms with E-state index in [-0.39, 0.29) is 12.2 Å². The van der Waals surface area contributed by atoms with E-state index < -0.39 is 18.1 Å². The largest absolute Gasteiger partial charge is 0.573 e. The van der Waals surface area contributed by atoms with E-state index >= 15 is 0 Å². The van der Waals surface area contributed by atoms with E-state index in [1.54, 1.807) is 29.5 Å². The minimum atomic E-state index is -4.84. The SMILES string of the molecule is CCOC(=O)c1c(I)cccc1OC(F)(F)F. The number of rotatable bonds is 3. The van der Waals surface area contributed by atoms with Crippen molar-refractivity contribution in [3.05, 3.63) is 27.3 Å². The molecule has 0 fully saturated rings. The van der Waals surface area contributed by atoms with Crippen LogP contribution in [0.15, 0.2) is 18.2 Å². The van der Waals surface area contributed by atoms with Crippen molar-refractivity contribution in [1.82, 2.24) is 0 Å². The average Bonchev–Trinajstić information content (AvgIpc) is 2.15. The molecule has 1 aromatic rings. The molecule has 0 aliphatic rings. The summed E-state index contributed by atoms with van der Waals surface area (Å²) in [6, 6.07) is 3.93. The third-order valence-electron chi connectivity index (χ3n) is 1.68. The Bertz CT molecular complexity index is 418. The third-order valence-corrected chi connectivity index (χ3v) is 2.58. The standard InChI is InChI=1S/C10H8F3IO3/c1-2-16-9(15)8-6(14)4-3-5-7(8)17-10(11,12)13/h3-5H,2H2,1H3. The quantitative estimate of drug-likeness (QED) is 0.613. The summed E-state index contributed by atoms with van der Waals surface area (Å²) in [5, 5.41) is 0. The summed E-state index contributed by atoms with van der Waals surface area (Å²) in [7, 11) is 0. The highest BCUT2D eigenvalue weighted by atomic mass is 127. The molecule has 0 unspecified atom stereocenters. The molecule has 17 heavy (non-hydrogen) atoms. The number of carbonyl (C=O) groups is 1. The molecule has 0 radical (unpaired) electrons. The first-order valence-corrected chi connectivity index (χ1v) is 5.64. The van der Waals surface area contributed by atoms with E-state index in [2.05, 4.69) is 9.47 Å². The second-order valence-electron chi connectivity index (χ2n) is 2.88. The van der Waals surface area contributed by atoms with Gasteiger partial charge in [0.15, 0.2) is 0 Å². The second-order valence-corrected chi connectivity index (χ2v) is 4.04. The van der Waals surface area contributed by atoms with Crippen LogP contribution in [0, 0.1) is 3.57 Å².